The number of fused-ring (bicyclic) bond motifs is 1. The summed E-state index contributed by atoms with van der Waals surface area (Å²) in [6.07, 6.45) is -2.09. The van der Waals surface area contributed by atoms with E-state index in [9.17, 15) is 30.4 Å². The van der Waals surface area contributed by atoms with Crippen LogP contribution in [-0.2, 0) is 4.79 Å². The molecule has 0 saturated heterocycles. The Hall–Kier alpha value is -2.22. The number of amides is 1. The van der Waals surface area contributed by atoms with Crippen LogP contribution in [-0.4, -0.2) is 98.1 Å². The first-order valence-electron chi connectivity index (χ1n) is 14.7. The second-order valence-corrected chi connectivity index (χ2v) is 12.4. The number of hydrogen-bond donors (Lipinski definition) is 7. The first kappa shape index (κ1) is 34.3. The van der Waals surface area contributed by atoms with Crippen molar-refractivity contribution in [1.29, 1.82) is 0 Å². The van der Waals surface area contributed by atoms with E-state index in [0.717, 1.165) is 66.0 Å². The summed E-state index contributed by atoms with van der Waals surface area (Å²) in [5, 5.41) is 65.3. The zero-order valence-electron chi connectivity index (χ0n) is 25.0. The number of unbranched alkanes of at least 4 members (excludes halogenated alkanes) is 2. The minimum Gasteiger partial charge on any atom is -0.394 e. The molecule has 2 aromatic rings. The number of carbonyl (C=O) groups is 1. The van der Waals surface area contributed by atoms with Crippen molar-refractivity contribution >= 4 is 29.0 Å². The number of thioether (sulfide) groups is 1. The molecule has 1 aliphatic heterocycles. The van der Waals surface area contributed by atoms with Gasteiger partial charge in [0.15, 0.2) is 6.10 Å². The number of aliphatic hydroxyl groups excluding tert-OH is 5. The van der Waals surface area contributed by atoms with Crippen molar-refractivity contribution in [2.24, 2.45) is 0 Å². The van der Waals surface area contributed by atoms with Gasteiger partial charge in [-0.15, -0.1) is 11.8 Å². The van der Waals surface area contributed by atoms with E-state index < -0.39 is 48.5 Å². The second kappa shape index (κ2) is 15.5. The lowest BCUT2D eigenvalue weighted by Crippen LogP contribution is -2.50. The maximum absolute atomic E-state index is 12.8. The summed E-state index contributed by atoms with van der Waals surface area (Å²) in [5.41, 5.74) is 2.53. The lowest BCUT2D eigenvalue weighted by molar-refractivity contribution is -0.194. The van der Waals surface area contributed by atoms with Gasteiger partial charge in [-0.25, -0.2) is 0 Å². The van der Waals surface area contributed by atoms with Gasteiger partial charge in [0.05, 0.1) is 18.2 Å². The van der Waals surface area contributed by atoms with Gasteiger partial charge in [0.2, 0.25) is 0 Å². The molecule has 0 aromatic heterocycles. The Morgan fingerprint density at radius 3 is 2.31 bits per heavy atom. The van der Waals surface area contributed by atoms with Crippen LogP contribution in [0, 0.1) is 0 Å². The van der Waals surface area contributed by atoms with Gasteiger partial charge in [-0.05, 0) is 54.3 Å². The van der Waals surface area contributed by atoms with Gasteiger partial charge in [-0.2, -0.15) is 5.06 Å². The molecule has 234 valence electrons. The van der Waals surface area contributed by atoms with Gasteiger partial charge < -0.3 is 41.0 Å². The van der Waals surface area contributed by atoms with Crippen LogP contribution in [0.3, 0.4) is 0 Å². The summed E-state index contributed by atoms with van der Waals surface area (Å²) in [5.74, 6) is -0.256. The number of nitrogens with one attached hydrogen (secondary N) is 1. The van der Waals surface area contributed by atoms with E-state index in [4.69, 9.17) is 5.11 Å². The molecule has 0 radical (unpaired) electrons. The Morgan fingerprint density at radius 2 is 1.71 bits per heavy atom. The van der Waals surface area contributed by atoms with E-state index in [0.29, 0.717) is 5.69 Å². The van der Waals surface area contributed by atoms with E-state index in [-0.39, 0.29) is 0 Å². The molecule has 1 aliphatic rings. The lowest BCUT2D eigenvalue weighted by atomic mass is 9.85. The van der Waals surface area contributed by atoms with Crippen molar-refractivity contribution in [2.45, 2.75) is 93.3 Å². The predicted molar refractivity (Wildman–Crippen MR) is 165 cm³/mol. The third-order valence-electron chi connectivity index (χ3n) is 8.02. The Morgan fingerprint density at radius 1 is 1.05 bits per heavy atom. The molecule has 42 heavy (non-hydrogen) atoms. The van der Waals surface area contributed by atoms with E-state index in [1.54, 1.807) is 30.0 Å². The van der Waals surface area contributed by atoms with E-state index in [1.165, 1.54) is 5.06 Å². The zero-order chi connectivity index (χ0) is 31.0. The van der Waals surface area contributed by atoms with Crippen LogP contribution in [0.15, 0.2) is 47.4 Å². The van der Waals surface area contributed by atoms with Crippen LogP contribution in [0.25, 0.3) is 0 Å². The SMILES string of the molecule is CCCCC1(CCCC)CSc2ccc(N(C)C)cc2C(c2cccc(NC(=O)[C@H](O)[C@@H](O)[C@H](O)C(O)CO)c2)N1O. The smallest absolute Gasteiger partial charge is 0.256 e. The minimum atomic E-state index is -2.06. The highest BCUT2D eigenvalue weighted by atomic mass is 32.2. The topological polar surface area (TPSA) is 157 Å². The third-order valence-corrected chi connectivity index (χ3v) is 9.38. The van der Waals surface area contributed by atoms with Crippen LogP contribution >= 0.6 is 11.8 Å². The third kappa shape index (κ3) is 7.83. The molecule has 0 aliphatic carbocycles. The van der Waals surface area contributed by atoms with Crippen molar-refractivity contribution < 1.29 is 35.5 Å². The van der Waals surface area contributed by atoms with Gasteiger partial charge in [0.1, 0.15) is 18.3 Å². The van der Waals surface area contributed by atoms with Crippen LogP contribution in [0.4, 0.5) is 11.4 Å². The maximum Gasteiger partial charge on any atom is 0.256 e. The van der Waals surface area contributed by atoms with E-state index in [2.05, 4.69) is 37.4 Å². The molecule has 0 fully saturated rings. The Labute approximate surface area is 252 Å². The fourth-order valence-corrected chi connectivity index (χ4v) is 6.70. The van der Waals surface area contributed by atoms with Crippen molar-refractivity contribution in [1.82, 2.24) is 5.06 Å². The highest BCUT2D eigenvalue weighted by Gasteiger charge is 2.44. The number of nitrogens with zero attached hydrogens (tertiary/aromatic N) is 2. The number of carbonyl (C=O) groups excluding carboxylic acids is 1. The fraction of sp³-hybridized carbons (Fsp3) is 0.581. The summed E-state index contributed by atoms with van der Waals surface area (Å²) in [7, 11) is 3.94. The van der Waals surface area contributed by atoms with Gasteiger partial charge in [-0.3, -0.25) is 4.79 Å². The van der Waals surface area contributed by atoms with Gasteiger partial charge in [0, 0.05) is 36.1 Å². The van der Waals surface area contributed by atoms with Gasteiger partial charge >= 0.3 is 0 Å². The summed E-state index contributed by atoms with van der Waals surface area (Å²) in [4.78, 5) is 15.9. The van der Waals surface area contributed by atoms with E-state index >= 15 is 0 Å². The van der Waals surface area contributed by atoms with Crippen molar-refractivity contribution in [3.63, 3.8) is 0 Å². The molecule has 2 aromatic carbocycles. The summed E-state index contributed by atoms with van der Waals surface area (Å²) >= 11 is 1.76. The van der Waals surface area contributed by atoms with Crippen molar-refractivity contribution in [2.75, 3.05) is 36.7 Å². The average molecular weight is 606 g/mol. The molecule has 0 spiro atoms. The van der Waals surface area contributed by atoms with Crippen LogP contribution in [0.5, 0.6) is 0 Å². The number of anilines is 2. The van der Waals surface area contributed by atoms with Gasteiger partial charge in [0.25, 0.3) is 5.91 Å². The molecular formula is C31H47N3O7S. The van der Waals surface area contributed by atoms with Crippen LogP contribution in [0.2, 0.25) is 0 Å². The lowest BCUT2D eigenvalue weighted by Gasteiger charge is -2.43. The van der Waals surface area contributed by atoms with Crippen molar-refractivity contribution in [3.8, 4) is 0 Å². The summed E-state index contributed by atoms with van der Waals surface area (Å²) < 4.78 is 0. The van der Waals surface area contributed by atoms with Crippen LogP contribution in [0.1, 0.15) is 69.5 Å². The predicted octanol–water partition coefficient (Wildman–Crippen LogP) is 3.13. The number of hydrogen-bond acceptors (Lipinski definition) is 10. The first-order valence-corrected chi connectivity index (χ1v) is 15.6. The minimum absolute atomic E-state index is 0.323. The molecular weight excluding hydrogens is 558 g/mol. The standard InChI is InChI=1S/C31H47N3O7S/c1-5-7-14-31(15-8-6-2)19-42-25-13-12-22(33(3)4)17-23(25)26(34(31)41)20-10-9-11-21(16-20)32-30(40)29(39)28(38)27(37)24(36)18-35/h9-13,16-17,24,26-29,35-39,41H,5-8,14-15,18-19H2,1-4H3,(H,32,40)/t24?,26?,27-,28+,29-/m1/s1. The Bertz CT molecular complexity index is 1160. The molecule has 1 amide bonds. The Balaban J connectivity index is 2.03. The molecule has 5 atom stereocenters. The average Bonchev–Trinajstić information content (AvgIpc) is 3.11. The molecule has 7 N–H and O–H groups in total. The largest absolute Gasteiger partial charge is 0.394 e. The van der Waals surface area contributed by atoms with E-state index in [1.807, 2.05) is 25.1 Å². The highest BCUT2D eigenvalue weighted by Crippen LogP contribution is 2.48. The number of aliphatic hydroxyl groups is 5. The summed E-state index contributed by atoms with van der Waals surface area (Å²) in [6, 6.07) is 12.7. The molecule has 11 heteroatoms. The monoisotopic (exact) mass is 605 g/mol. The number of rotatable bonds is 14. The first-order chi connectivity index (χ1) is 20.0. The molecule has 2 unspecified atom stereocenters. The molecule has 3 rings (SSSR count). The molecule has 1 heterocycles. The summed E-state index contributed by atoms with van der Waals surface area (Å²) in [6.45, 7) is 3.45. The highest BCUT2D eigenvalue weighted by molar-refractivity contribution is 7.99. The van der Waals surface area contributed by atoms with Crippen LogP contribution < -0.4 is 10.2 Å². The second-order valence-electron chi connectivity index (χ2n) is 11.4. The number of benzene rings is 2. The molecule has 10 nitrogen and oxygen atoms in total. The zero-order valence-corrected chi connectivity index (χ0v) is 25.8. The quantitative estimate of drug-likeness (QED) is 0.171. The molecule has 0 saturated carbocycles. The number of hydroxylamine groups is 2. The van der Waals surface area contributed by atoms with Gasteiger partial charge in [-0.1, -0.05) is 51.7 Å². The fourth-order valence-electron chi connectivity index (χ4n) is 5.35. The molecule has 0 bridgehead atoms. The van der Waals surface area contributed by atoms with Crippen molar-refractivity contribution in [3.05, 3.63) is 53.6 Å². The maximum atomic E-state index is 12.8. The normalized spacial score (nSPS) is 19.7. The Kier molecular flexibility index (Phi) is 12.6.